The van der Waals surface area contributed by atoms with Crippen molar-refractivity contribution in [2.24, 2.45) is 4.99 Å². The number of nitrogens with zero attached hydrogens (tertiary/aromatic N) is 1. The molecule has 3 N–H and O–H groups in total. The first-order chi connectivity index (χ1) is 13.6. The van der Waals surface area contributed by atoms with Gasteiger partial charge in [0.05, 0.1) is 6.54 Å². The van der Waals surface area contributed by atoms with Crippen molar-refractivity contribution in [1.29, 1.82) is 0 Å². The molecule has 2 aromatic rings. The highest BCUT2D eigenvalue weighted by Gasteiger charge is 2.24. The van der Waals surface area contributed by atoms with Crippen molar-refractivity contribution in [2.45, 2.75) is 25.7 Å². The van der Waals surface area contributed by atoms with Crippen LogP contribution in [0.1, 0.15) is 30.4 Å². The Bertz CT molecular complexity index is 878. The minimum atomic E-state index is -0.211. The first-order valence-electron chi connectivity index (χ1n) is 9.41. The van der Waals surface area contributed by atoms with Gasteiger partial charge >= 0.3 is 0 Å². The fourth-order valence-electron chi connectivity index (χ4n) is 3.26. The number of anilines is 1. The number of carbonyl (C=O) groups excluding carboxylic acids is 1. The summed E-state index contributed by atoms with van der Waals surface area (Å²) >= 11 is 3.37. The zero-order chi connectivity index (χ0) is 19.9. The Morgan fingerprint density at radius 3 is 2.86 bits per heavy atom. The van der Waals surface area contributed by atoms with Crippen LogP contribution in [0.15, 0.2) is 51.9 Å². The van der Waals surface area contributed by atoms with Gasteiger partial charge in [-0.15, -0.1) is 24.0 Å². The Hall–Kier alpha value is -1.68. The minimum absolute atomic E-state index is 0. The second kappa shape index (κ2) is 11.5. The average molecular weight is 575 g/mol. The molecule has 0 saturated heterocycles. The summed E-state index contributed by atoms with van der Waals surface area (Å²) in [6.07, 6.45) is 0.966. The van der Waals surface area contributed by atoms with Gasteiger partial charge in [0.1, 0.15) is 5.82 Å². The summed E-state index contributed by atoms with van der Waals surface area (Å²) in [5.41, 5.74) is 2.62. The number of fused-ring (bicyclic) bond motifs is 1. The van der Waals surface area contributed by atoms with Crippen molar-refractivity contribution in [3.8, 4) is 0 Å². The van der Waals surface area contributed by atoms with E-state index in [1.54, 1.807) is 12.1 Å². The summed E-state index contributed by atoms with van der Waals surface area (Å²) in [5, 5.41) is 9.36. The number of hydrogen-bond donors (Lipinski definition) is 3. The summed E-state index contributed by atoms with van der Waals surface area (Å²) in [5.74, 6) is 0.517. The van der Waals surface area contributed by atoms with Gasteiger partial charge in [-0.25, -0.2) is 4.39 Å². The maximum atomic E-state index is 13.9. The highest BCUT2D eigenvalue weighted by atomic mass is 127. The predicted molar refractivity (Wildman–Crippen MR) is 130 cm³/mol. The summed E-state index contributed by atoms with van der Waals surface area (Å²) in [6, 6.07) is 12.8. The molecule has 0 saturated carbocycles. The second-order valence-electron chi connectivity index (χ2n) is 6.67. The number of guanidine groups is 1. The number of rotatable bonds is 6. The third-order valence-corrected chi connectivity index (χ3v) is 5.11. The summed E-state index contributed by atoms with van der Waals surface area (Å²) in [4.78, 5) is 16.6. The molecule has 1 heterocycles. The molecule has 0 aliphatic carbocycles. The number of carbonyl (C=O) groups is 1. The molecule has 0 bridgehead atoms. The molecular weight excluding hydrogens is 550 g/mol. The second-order valence-corrected chi connectivity index (χ2v) is 7.58. The molecule has 1 aliphatic rings. The van der Waals surface area contributed by atoms with Crippen molar-refractivity contribution in [3.05, 3.63) is 63.9 Å². The lowest BCUT2D eigenvalue weighted by molar-refractivity contribution is -0.116. The van der Waals surface area contributed by atoms with E-state index in [2.05, 4.69) is 36.9 Å². The Morgan fingerprint density at radius 2 is 2.07 bits per heavy atom. The molecule has 8 heteroatoms. The van der Waals surface area contributed by atoms with Gasteiger partial charge in [0, 0.05) is 35.6 Å². The molecule has 29 heavy (non-hydrogen) atoms. The van der Waals surface area contributed by atoms with Crippen molar-refractivity contribution < 1.29 is 9.18 Å². The monoisotopic (exact) mass is 574 g/mol. The van der Waals surface area contributed by atoms with Crippen LogP contribution in [0.5, 0.6) is 0 Å². The van der Waals surface area contributed by atoms with Crippen LogP contribution < -0.4 is 16.0 Å². The molecule has 1 aliphatic heterocycles. The number of nitrogens with one attached hydrogen (secondary N) is 3. The number of hydrogen-bond acceptors (Lipinski definition) is 2. The summed E-state index contributed by atoms with van der Waals surface area (Å²) in [7, 11) is 0. The van der Waals surface area contributed by atoms with Gasteiger partial charge in [-0.05, 0) is 48.7 Å². The molecular formula is C21H25BrFIN4O. The van der Waals surface area contributed by atoms with Gasteiger partial charge in [-0.3, -0.25) is 9.79 Å². The van der Waals surface area contributed by atoms with E-state index < -0.39 is 0 Å². The maximum Gasteiger partial charge on any atom is 0.225 e. The van der Waals surface area contributed by atoms with Crippen LogP contribution in [0.25, 0.3) is 0 Å². The summed E-state index contributed by atoms with van der Waals surface area (Å²) in [6.45, 7) is 3.78. The largest absolute Gasteiger partial charge is 0.357 e. The van der Waals surface area contributed by atoms with Gasteiger partial charge in [0.15, 0.2) is 5.96 Å². The fraction of sp³-hybridized carbons (Fsp3) is 0.333. The third-order valence-electron chi connectivity index (χ3n) is 4.62. The standard InChI is InChI=1S/C21H24BrFN4O.HI/c1-2-24-21(25-10-9-14-11-16(22)7-8-18(14)23)26-13-15-12-20(28)27-19-6-4-3-5-17(15)19;/h3-8,11,15H,2,9-10,12-13H2,1H3,(H,27,28)(H2,24,25,26);1H. The van der Waals surface area contributed by atoms with E-state index >= 15 is 0 Å². The number of aliphatic imine (C=N–C) groups is 1. The van der Waals surface area contributed by atoms with Crippen LogP contribution >= 0.6 is 39.9 Å². The molecule has 0 radical (unpaired) electrons. The molecule has 1 amide bonds. The van der Waals surface area contributed by atoms with Gasteiger partial charge in [0.2, 0.25) is 5.91 Å². The van der Waals surface area contributed by atoms with Gasteiger partial charge < -0.3 is 16.0 Å². The predicted octanol–water partition coefficient (Wildman–Crippen LogP) is 4.43. The zero-order valence-electron chi connectivity index (χ0n) is 16.2. The van der Waals surface area contributed by atoms with Gasteiger partial charge in [-0.1, -0.05) is 34.1 Å². The van der Waals surface area contributed by atoms with E-state index in [1.807, 2.05) is 31.2 Å². The molecule has 1 atom stereocenters. The van der Waals surface area contributed by atoms with Gasteiger partial charge in [-0.2, -0.15) is 0 Å². The van der Waals surface area contributed by atoms with Crippen LogP contribution in [0.4, 0.5) is 10.1 Å². The van der Waals surface area contributed by atoms with Crippen molar-refractivity contribution in [1.82, 2.24) is 10.6 Å². The molecule has 0 spiro atoms. The van der Waals surface area contributed by atoms with Crippen molar-refractivity contribution >= 4 is 57.5 Å². The van der Waals surface area contributed by atoms with Crippen LogP contribution in [0, 0.1) is 5.82 Å². The SMILES string of the molecule is CCNC(=NCC1CC(=O)Nc2ccccc21)NCCc1cc(Br)ccc1F.I. The van der Waals surface area contributed by atoms with E-state index in [0.29, 0.717) is 37.5 Å². The Labute approximate surface area is 196 Å². The quantitative estimate of drug-likeness (QED) is 0.272. The Kier molecular flexibility index (Phi) is 9.35. The van der Waals surface area contributed by atoms with E-state index in [-0.39, 0.29) is 41.6 Å². The topological polar surface area (TPSA) is 65.5 Å². The van der Waals surface area contributed by atoms with Crippen LogP contribution in [0.3, 0.4) is 0 Å². The van der Waals surface area contributed by atoms with Gasteiger partial charge in [0.25, 0.3) is 0 Å². The lowest BCUT2D eigenvalue weighted by Gasteiger charge is -2.24. The van der Waals surface area contributed by atoms with E-state index in [1.165, 1.54) is 6.07 Å². The smallest absolute Gasteiger partial charge is 0.225 e. The number of amides is 1. The third kappa shape index (κ3) is 6.67. The zero-order valence-corrected chi connectivity index (χ0v) is 20.1. The lowest BCUT2D eigenvalue weighted by Crippen LogP contribution is -2.39. The molecule has 2 aromatic carbocycles. The van der Waals surface area contributed by atoms with E-state index in [0.717, 1.165) is 22.3 Å². The highest BCUT2D eigenvalue weighted by molar-refractivity contribution is 14.0. The Morgan fingerprint density at radius 1 is 1.28 bits per heavy atom. The molecule has 5 nitrogen and oxygen atoms in total. The number of benzene rings is 2. The fourth-order valence-corrected chi connectivity index (χ4v) is 3.67. The molecule has 0 fully saturated rings. The first kappa shape index (κ1) is 23.6. The van der Waals surface area contributed by atoms with Crippen molar-refractivity contribution in [2.75, 3.05) is 25.0 Å². The van der Waals surface area contributed by atoms with E-state index in [4.69, 9.17) is 0 Å². The van der Waals surface area contributed by atoms with Crippen LogP contribution in [0.2, 0.25) is 0 Å². The summed E-state index contributed by atoms with van der Waals surface area (Å²) < 4.78 is 14.7. The van der Waals surface area contributed by atoms with E-state index in [9.17, 15) is 9.18 Å². The van der Waals surface area contributed by atoms with Crippen molar-refractivity contribution in [3.63, 3.8) is 0 Å². The average Bonchev–Trinajstić information content (AvgIpc) is 2.68. The molecule has 156 valence electrons. The lowest BCUT2D eigenvalue weighted by atomic mass is 9.91. The highest BCUT2D eigenvalue weighted by Crippen LogP contribution is 2.31. The molecule has 3 rings (SSSR count). The maximum absolute atomic E-state index is 13.9. The minimum Gasteiger partial charge on any atom is -0.357 e. The molecule has 1 unspecified atom stereocenters. The number of halogens is 3. The molecule has 0 aromatic heterocycles. The normalized spacial score (nSPS) is 15.8. The Balaban J connectivity index is 0.00000300. The number of para-hydroxylation sites is 1. The van der Waals surface area contributed by atoms with Crippen LogP contribution in [-0.2, 0) is 11.2 Å². The first-order valence-corrected chi connectivity index (χ1v) is 10.2. The van der Waals surface area contributed by atoms with Crippen LogP contribution in [-0.4, -0.2) is 31.5 Å².